The zero-order valence-corrected chi connectivity index (χ0v) is 7.76. The molecule has 1 aromatic carbocycles. The lowest BCUT2D eigenvalue weighted by Gasteiger charge is -2.25. The van der Waals surface area contributed by atoms with E-state index in [2.05, 4.69) is 12.1 Å². The first-order valence-corrected chi connectivity index (χ1v) is 4.67. The number of alkyl halides is 1. The second kappa shape index (κ2) is 3.11. The minimum Gasteiger partial charge on any atom is -0.322 e. The molecule has 0 bridgehead atoms. The summed E-state index contributed by atoms with van der Waals surface area (Å²) >= 11 is 0. The molecule has 0 spiro atoms. The van der Waals surface area contributed by atoms with E-state index in [1.807, 2.05) is 13.0 Å². The van der Waals surface area contributed by atoms with Gasteiger partial charge in [-0.15, -0.1) is 0 Å². The fourth-order valence-corrected chi connectivity index (χ4v) is 1.92. The highest BCUT2D eigenvalue weighted by atomic mass is 19.1. The number of benzene rings is 1. The van der Waals surface area contributed by atoms with Crippen LogP contribution in [0.1, 0.15) is 29.2 Å². The van der Waals surface area contributed by atoms with Crippen molar-refractivity contribution in [1.29, 1.82) is 0 Å². The molecule has 0 saturated heterocycles. The van der Waals surface area contributed by atoms with Crippen molar-refractivity contribution in [1.82, 2.24) is 0 Å². The van der Waals surface area contributed by atoms with Crippen molar-refractivity contribution in [3.05, 3.63) is 34.9 Å². The summed E-state index contributed by atoms with van der Waals surface area (Å²) in [5.74, 6) is 0. The molecule has 2 rings (SSSR count). The third-order valence-corrected chi connectivity index (χ3v) is 2.74. The Morgan fingerprint density at radius 3 is 3.00 bits per heavy atom. The molecule has 2 heteroatoms. The Bertz CT molecular complexity index is 322. The predicted molar refractivity (Wildman–Crippen MR) is 51.3 cm³/mol. The van der Waals surface area contributed by atoms with Crippen molar-refractivity contribution >= 4 is 0 Å². The lowest BCUT2D eigenvalue weighted by atomic mass is 9.86. The number of nitrogens with two attached hydrogens (primary N) is 1. The quantitative estimate of drug-likeness (QED) is 0.649. The number of halogens is 1. The minimum atomic E-state index is -0.866. The largest absolute Gasteiger partial charge is 0.322 e. The topological polar surface area (TPSA) is 26.0 Å². The van der Waals surface area contributed by atoms with Gasteiger partial charge in [0.05, 0.1) is 6.04 Å². The molecule has 2 unspecified atom stereocenters. The van der Waals surface area contributed by atoms with E-state index in [9.17, 15) is 4.39 Å². The van der Waals surface area contributed by atoms with Gasteiger partial charge < -0.3 is 5.73 Å². The van der Waals surface area contributed by atoms with Crippen LogP contribution in [0.15, 0.2) is 18.2 Å². The summed E-state index contributed by atoms with van der Waals surface area (Å²) in [7, 11) is 0. The normalized spacial score (nSPS) is 27.0. The summed E-state index contributed by atoms with van der Waals surface area (Å²) in [5, 5.41) is 0. The average molecular weight is 179 g/mol. The van der Waals surface area contributed by atoms with E-state index >= 15 is 0 Å². The van der Waals surface area contributed by atoms with E-state index in [0.717, 1.165) is 17.5 Å². The Kier molecular flexibility index (Phi) is 2.08. The third-order valence-electron chi connectivity index (χ3n) is 2.74. The van der Waals surface area contributed by atoms with Crippen molar-refractivity contribution in [3.8, 4) is 0 Å². The molecule has 70 valence electrons. The summed E-state index contributed by atoms with van der Waals surface area (Å²) in [5.41, 5.74) is 9.15. The molecule has 2 N–H and O–H groups in total. The molecule has 0 fully saturated rings. The second-order valence-electron chi connectivity index (χ2n) is 3.78. The maximum Gasteiger partial charge on any atom is 0.120 e. The molecule has 1 aromatic rings. The van der Waals surface area contributed by atoms with E-state index in [-0.39, 0.29) is 0 Å². The van der Waals surface area contributed by atoms with Crippen LogP contribution in [0.4, 0.5) is 4.39 Å². The molecule has 1 aliphatic rings. The first kappa shape index (κ1) is 8.70. The molecule has 0 aromatic heterocycles. The number of aryl methyl sites for hydroxylation is 2. The molecular formula is C11H14FN. The summed E-state index contributed by atoms with van der Waals surface area (Å²) in [6.45, 7) is 2.01. The molecule has 13 heavy (non-hydrogen) atoms. The second-order valence-corrected chi connectivity index (χ2v) is 3.78. The molecule has 0 aliphatic heterocycles. The van der Waals surface area contributed by atoms with Crippen LogP contribution in [-0.2, 0) is 6.42 Å². The number of hydrogen-bond acceptors (Lipinski definition) is 1. The highest BCUT2D eigenvalue weighted by molar-refractivity contribution is 5.36. The molecular weight excluding hydrogens is 165 g/mol. The van der Waals surface area contributed by atoms with Crippen molar-refractivity contribution in [2.45, 2.75) is 32.0 Å². The maximum absolute atomic E-state index is 13.3. The van der Waals surface area contributed by atoms with E-state index in [1.165, 1.54) is 5.56 Å². The lowest BCUT2D eigenvalue weighted by Crippen LogP contribution is -2.28. The first-order chi connectivity index (χ1) is 6.18. The molecule has 1 nitrogen and oxygen atoms in total. The summed E-state index contributed by atoms with van der Waals surface area (Å²) in [6.07, 6.45) is 0.524. The van der Waals surface area contributed by atoms with Gasteiger partial charge in [-0.2, -0.15) is 0 Å². The van der Waals surface area contributed by atoms with Crippen LogP contribution in [-0.4, -0.2) is 6.17 Å². The summed E-state index contributed by atoms with van der Waals surface area (Å²) in [6, 6.07) is 5.72. The van der Waals surface area contributed by atoms with Crippen molar-refractivity contribution in [3.63, 3.8) is 0 Å². The highest BCUT2D eigenvalue weighted by Crippen LogP contribution is 2.30. The van der Waals surface area contributed by atoms with Gasteiger partial charge in [-0.25, -0.2) is 4.39 Å². The van der Waals surface area contributed by atoms with Crippen LogP contribution in [0.25, 0.3) is 0 Å². The van der Waals surface area contributed by atoms with Crippen LogP contribution < -0.4 is 5.73 Å². The van der Waals surface area contributed by atoms with Crippen LogP contribution in [0.5, 0.6) is 0 Å². The molecule has 1 aliphatic carbocycles. The van der Waals surface area contributed by atoms with Gasteiger partial charge in [0.2, 0.25) is 0 Å². The van der Waals surface area contributed by atoms with Crippen molar-refractivity contribution in [2.24, 2.45) is 5.73 Å². The first-order valence-electron chi connectivity index (χ1n) is 4.67. The van der Waals surface area contributed by atoms with Gasteiger partial charge in [-0.05, 0) is 30.9 Å². The van der Waals surface area contributed by atoms with Gasteiger partial charge >= 0.3 is 0 Å². The standard InChI is InChI=1S/C11H14FN/c1-7-2-3-8-4-5-10(12)11(13)9(8)6-7/h2-3,6,10-11H,4-5,13H2,1H3. The van der Waals surface area contributed by atoms with Gasteiger partial charge in [-0.3, -0.25) is 0 Å². The Morgan fingerprint density at radius 1 is 1.46 bits per heavy atom. The summed E-state index contributed by atoms with van der Waals surface area (Å²) < 4.78 is 13.3. The van der Waals surface area contributed by atoms with Crippen molar-refractivity contribution in [2.75, 3.05) is 0 Å². The zero-order chi connectivity index (χ0) is 9.42. The van der Waals surface area contributed by atoms with Crippen LogP contribution in [0, 0.1) is 6.92 Å². The number of fused-ring (bicyclic) bond motifs is 1. The van der Waals surface area contributed by atoms with Crippen LogP contribution in [0.2, 0.25) is 0 Å². The lowest BCUT2D eigenvalue weighted by molar-refractivity contribution is 0.255. The zero-order valence-electron chi connectivity index (χ0n) is 7.76. The number of rotatable bonds is 0. The van der Waals surface area contributed by atoms with Gasteiger partial charge in [0.15, 0.2) is 0 Å². The Hall–Kier alpha value is -0.890. The molecule has 0 amide bonds. The molecule has 0 saturated carbocycles. The van der Waals surface area contributed by atoms with E-state index in [4.69, 9.17) is 5.73 Å². The smallest absolute Gasteiger partial charge is 0.120 e. The monoisotopic (exact) mass is 179 g/mol. The van der Waals surface area contributed by atoms with Gasteiger partial charge in [0.1, 0.15) is 6.17 Å². The van der Waals surface area contributed by atoms with Gasteiger partial charge in [0, 0.05) is 0 Å². The van der Waals surface area contributed by atoms with E-state index in [1.54, 1.807) is 0 Å². The molecule has 0 heterocycles. The highest BCUT2D eigenvalue weighted by Gasteiger charge is 2.25. The predicted octanol–water partition coefficient (Wildman–Crippen LogP) is 2.28. The number of hydrogen-bond donors (Lipinski definition) is 1. The third kappa shape index (κ3) is 1.46. The Morgan fingerprint density at radius 2 is 2.23 bits per heavy atom. The maximum atomic E-state index is 13.3. The van der Waals surface area contributed by atoms with Crippen molar-refractivity contribution < 1.29 is 4.39 Å². The SMILES string of the molecule is Cc1ccc2c(c1)C(N)C(F)CC2. The molecule has 0 radical (unpaired) electrons. The fraction of sp³-hybridized carbons (Fsp3) is 0.455. The van der Waals surface area contributed by atoms with Crippen LogP contribution in [0.3, 0.4) is 0 Å². The van der Waals surface area contributed by atoms with E-state index in [0.29, 0.717) is 6.42 Å². The summed E-state index contributed by atoms with van der Waals surface area (Å²) in [4.78, 5) is 0. The Labute approximate surface area is 77.8 Å². The fourth-order valence-electron chi connectivity index (χ4n) is 1.92. The van der Waals surface area contributed by atoms with Gasteiger partial charge in [0.25, 0.3) is 0 Å². The minimum absolute atomic E-state index is 0.413. The Balaban J connectivity index is 2.45. The molecule has 2 atom stereocenters. The van der Waals surface area contributed by atoms with Gasteiger partial charge in [-0.1, -0.05) is 23.8 Å². The van der Waals surface area contributed by atoms with Crippen LogP contribution >= 0.6 is 0 Å². The average Bonchev–Trinajstić information content (AvgIpc) is 2.12. The van der Waals surface area contributed by atoms with E-state index < -0.39 is 12.2 Å².